The zero-order chi connectivity index (χ0) is 30.3. The molecule has 0 radical (unpaired) electrons. The molecule has 0 bridgehead atoms. The molecule has 6 aromatic carbocycles. The zero-order valence-electron chi connectivity index (χ0n) is 23.4. The first-order valence-corrected chi connectivity index (χ1v) is 21.1. The maximum atomic E-state index is 14.8. The van der Waals surface area contributed by atoms with Gasteiger partial charge in [0.15, 0.2) is 11.6 Å². The molecule has 6 rings (SSSR count). The van der Waals surface area contributed by atoms with Gasteiger partial charge in [-0.3, -0.25) is 0 Å². The molecule has 0 aliphatic rings. The van der Waals surface area contributed by atoms with E-state index in [1.807, 2.05) is 24.3 Å². The topological polar surface area (TPSA) is 0 Å². The van der Waals surface area contributed by atoms with Crippen LogP contribution in [0.3, 0.4) is 0 Å². The third-order valence-corrected chi connectivity index (χ3v) is 12.8. The van der Waals surface area contributed by atoms with E-state index < -0.39 is 27.5 Å². The van der Waals surface area contributed by atoms with Crippen molar-refractivity contribution < 1.29 is 19.7 Å². The van der Waals surface area contributed by atoms with E-state index in [-0.39, 0.29) is 0 Å². The Kier molecular flexibility index (Phi) is 11.3. The van der Waals surface area contributed by atoms with Crippen LogP contribution in [0.5, 0.6) is 0 Å². The van der Waals surface area contributed by atoms with Gasteiger partial charge < -0.3 is 0 Å². The van der Waals surface area contributed by atoms with Crippen LogP contribution in [0.25, 0.3) is 10.8 Å². The molecule has 0 N–H and O–H groups in total. The summed E-state index contributed by atoms with van der Waals surface area (Å²) in [6.45, 7) is 4.17. The maximum absolute atomic E-state index is 14.8. The number of hydrogen-bond donors (Lipinski definition) is 0. The quantitative estimate of drug-likeness (QED) is 0.117. The molecule has 0 aliphatic heterocycles. The zero-order valence-corrected chi connectivity index (χ0v) is 29.4. The van der Waals surface area contributed by atoms with Crippen LogP contribution < -0.4 is 31.8 Å². The Labute approximate surface area is 274 Å². The molecule has 0 fully saturated rings. The summed E-state index contributed by atoms with van der Waals surface area (Å²) < 4.78 is 29.5. The Hall–Kier alpha value is -2.25. The van der Waals surface area contributed by atoms with Crippen LogP contribution in [0.1, 0.15) is 11.1 Å². The third-order valence-electron chi connectivity index (χ3n) is 7.31. The number of benzene rings is 6. The van der Waals surface area contributed by atoms with E-state index in [1.54, 1.807) is 0 Å². The second-order valence-corrected chi connectivity index (χ2v) is 19.1. The van der Waals surface area contributed by atoms with Crippen molar-refractivity contribution in [2.24, 2.45) is 0 Å². The number of rotatable bonds is 6. The number of halogens is 4. The Morgan fingerprint density at radius 2 is 0.698 bits per heavy atom. The van der Waals surface area contributed by atoms with Crippen molar-refractivity contribution in [1.29, 1.82) is 0 Å². The molecular formula is C36H28Br2F2NiP2. The minimum absolute atomic E-state index is 0.769. The van der Waals surface area contributed by atoms with Crippen LogP contribution in [0.15, 0.2) is 133 Å². The summed E-state index contributed by atoms with van der Waals surface area (Å²) in [6.07, 6.45) is 0. The molecule has 0 amide bonds. The van der Waals surface area contributed by atoms with Crippen molar-refractivity contribution in [3.63, 3.8) is 0 Å². The van der Waals surface area contributed by atoms with E-state index in [1.165, 1.54) is 54.9 Å². The van der Waals surface area contributed by atoms with Crippen molar-refractivity contribution in [1.82, 2.24) is 0 Å². The summed E-state index contributed by atoms with van der Waals surface area (Å²) in [5.74, 6) is -1.63. The van der Waals surface area contributed by atoms with Gasteiger partial charge in [-0.1, -0.05) is 121 Å². The molecule has 43 heavy (non-hydrogen) atoms. The van der Waals surface area contributed by atoms with Crippen molar-refractivity contribution in [3.05, 3.63) is 156 Å². The van der Waals surface area contributed by atoms with E-state index in [0.29, 0.717) is 0 Å². The second kappa shape index (κ2) is 15.2. The van der Waals surface area contributed by atoms with E-state index in [4.69, 9.17) is 0 Å². The van der Waals surface area contributed by atoms with E-state index in [2.05, 4.69) is 139 Å². The van der Waals surface area contributed by atoms with Crippen LogP contribution in [0.2, 0.25) is 0 Å². The average Bonchev–Trinajstić information content (AvgIpc) is 3.04. The molecule has 0 saturated heterocycles. The summed E-state index contributed by atoms with van der Waals surface area (Å²) in [4.78, 5) is 0. The monoisotopic (exact) mass is 776 g/mol. The summed E-state index contributed by atoms with van der Waals surface area (Å²) >= 11 is 6.00. The summed E-state index contributed by atoms with van der Waals surface area (Å²) in [5.41, 5.74) is 2.01. The molecule has 0 spiro atoms. The van der Waals surface area contributed by atoms with E-state index in [9.17, 15) is 8.78 Å². The Morgan fingerprint density at radius 1 is 0.465 bits per heavy atom. The summed E-state index contributed by atoms with van der Waals surface area (Å²) in [5, 5.41) is 8.90. The fourth-order valence-corrected chi connectivity index (χ4v) is 11.2. The van der Waals surface area contributed by atoms with Crippen LogP contribution in [0, 0.1) is 25.5 Å². The molecule has 6 aromatic rings. The van der Waals surface area contributed by atoms with Gasteiger partial charge >= 0.3 is 39.3 Å². The first-order chi connectivity index (χ1) is 21.0. The average molecular weight is 779 g/mol. The number of fused-ring (bicyclic) bond motifs is 1. The van der Waals surface area contributed by atoms with Crippen LogP contribution >= 0.6 is 44.3 Å². The Morgan fingerprint density at radius 3 is 0.930 bits per heavy atom. The fraction of sp³-hybridized carbons (Fsp3) is 0.0556. The van der Waals surface area contributed by atoms with Crippen LogP contribution in [-0.2, 0) is 10.9 Å². The third kappa shape index (κ3) is 7.03. The molecular weight excluding hydrogens is 751 g/mol. The summed E-state index contributed by atoms with van der Waals surface area (Å²) in [6, 6.07) is 45.2. The molecule has 0 aromatic heterocycles. The molecule has 7 heteroatoms. The predicted octanol–water partition coefficient (Wildman–Crippen LogP) is 8.94. The molecule has 220 valence electrons. The molecule has 0 heterocycles. The first kappa shape index (κ1) is 32.2. The Balaban J connectivity index is 0.00000118. The predicted molar refractivity (Wildman–Crippen MR) is 189 cm³/mol. The van der Waals surface area contributed by atoms with Gasteiger partial charge in [0.05, 0.1) is 0 Å². The van der Waals surface area contributed by atoms with Crippen LogP contribution in [-0.4, -0.2) is 0 Å². The number of hydrogen-bond acceptors (Lipinski definition) is 0. The SMILES string of the molecule is Cc1c(P(c2ccccc2)c2ccccc2)c(P(c2ccccc2)c2ccccc2)c(C)c2cc(F)c(F)cc12.[Br][Ni][Br]. The van der Waals surface area contributed by atoms with Gasteiger partial charge in [0.25, 0.3) is 0 Å². The molecule has 0 unspecified atom stereocenters. The van der Waals surface area contributed by atoms with Gasteiger partial charge in [0.2, 0.25) is 0 Å². The fourth-order valence-electron chi connectivity index (χ4n) is 5.45. The van der Waals surface area contributed by atoms with Gasteiger partial charge in [0, 0.05) is 0 Å². The van der Waals surface area contributed by atoms with Gasteiger partial charge in [0.1, 0.15) is 0 Å². The van der Waals surface area contributed by atoms with Gasteiger partial charge in [-0.15, -0.1) is 0 Å². The van der Waals surface area contributed by atoms with E-state index in [0.717, 1.165) is 21.9 Å². The molecule has 0 saturated carbocycles. The molecule has 0 aliphatic carbocycles. The van der Waals surface area contributed by atoms with Crippen molar-refractivity contribution in [3.8, 4) is 0 Å². The second-order valence-electron chi connectivity index (χ2n) is 9.82. The van der Waals surface area contributed by atoms with Crippen LogP contribution in [0.4, 0.5) is 8.78 Å². The Bertz CT molecular complexity index is 1590. The molecule has 0 nitrogen and oxygen atoms in total. The van der Waals surface area contributed by atoms with E-state index >= 15 is 0 Å². The normalized spacial score (nSPS) is 11.2. The standard InChI is InChI=1S/C36H28F2P2.2BrH.Ni/c1-25-31-23-33(37)34(38)24-32(31)26(2)36(40(29-19-11-5-12-20-29)30-21-13-6-14-22-30)35(25)39(27-15-7-3-8-16-27)28-17-9-4-10-18-28;;;/h3-24H,1-2H3;2*1H;/q;;;+2/p-2. The van der Waals surface area contributed by atoms with Gasteiger partial charge in [-0.25, -0.2) is 8.78 Å². The van der Waals surface area contributed by atoms with Crippen molar-refractivity contribution in [2.45, 2.75) is 13.8 Å². The summed E-state index contributed by atoms with van der Waals surface area (Å²) in [7, 11) is -0.765. The van der Waals surface area contributed by atoms with Crippen molar-refractivity contribution >= 4 is 86.9 Å². The van der Waals surface area contributed by atoms with Gasteiger partial charge in [-0.2, -0.15) is 0 Å². The number of aryl methyl sites for hydroxylation is 2. The minimum atomic E-state index is -1.01. The van der Waals surface area contributed by atoms with Gasteiger partial charge in [-0.05, 0) is 95.5 Å². The van der Waals surface area contributed by atoms with Crippen molar-refractivity contribution in [2.75, 3.05) is 0 Å². The first-order valence-electron chi connectivity index (χ1n) is 13.5. The molecule has 0 atom stereocenters.